The summed E-state index contributed by atoms with van der Waals surface area (Å²) < 4.78 is 5.49. The number of ether oxygens (including phenoxy) is 1. The van der Waals surface area contributed by atoms with Gasteiger partial charge < -0.3 is 9.64 Å². The molecule has 148 valence electrons. The van der Waals surface area contributed by atoms with E-state index in [1.807, 2.05) is 36.4 Å². The SMILES string of the molecule is O=C(Oc1ccccc1)N1CCN(C(c2ccccc2)c2ccc(Cl)cc2)CC1. The first-order valence-corrected chi connectivity index (χ1v) is 10.1. The van der Waals surface area contributed by atoms with Crippen molar-refractivity contribution in [1.29, 1.82) is 0 Å². The van der Waals surface area contributed by atoms with Gasteiger partial charge in [0.25, 0.3) is 0 Å². The van der Waals surface area contributed by atoms with Crippen LogP contribution in [0.15, 0.2) is 84.9 Å². The second-order valence-electron chi connectivity index (χ2n) is 7.07. The molecule has 3 aromatic rings. The molecule has 3 aromatic carbocycles. The molecular formula is C24H23ClN2O2. The Morgan fingerprint density at radius 2 is 1.31 bits per heavy atom. The fourth-order valence-corrected chi connectivity index (χ4v) is 3.84. The zero-order chi connectivity index (χ0) is 20.1. The van der Waals surface area contributed by atoms with E-state index in [0.717, 1.165) is 18.1 Å². The van der Waals surface area contributed by atoms with Gasteiger partial charge >= 0.3 is 6.09 Å². The second-order valence-corrected chi connectivity index (χ2v) is 7.51. The number of nitrogens with zero attached hydrogens (tertiary/aromatic N) is 2. The maximum absolute atomic E-state index is 12.5. The van der Waals surface area contributed by atoms with E-state index in [2.05, 4.69) is 41.3 Å². The van der Waals surface area contributed by atoms with Crippen LogP contribution in [0.4, 0.5) is 4.79 Å². The van der Waals surface area contributed by atoms with E-state index in [9.17, 15) is 4.79 Å². The van der Waals surface area contributed by atoms with E-state index in [-0.39, 0.29) is 12.1 Å². The zero-order valence-corrected chi connectivity index (χ0v) is 16.8. The summed E-state index contributed by atoms with van der Waals surface area (Å²) in [5.74, 6) is 0.572. The number of hydrogen-bond donors (Lipinski definition) is 0. The van der Waals surface area contributed by atoms with E-state index in [1.54, 1.807) is 17.0 Å². The summed E-state index contributed by atoms with van der Waals surface area (Å²) in [7, 11) is 0. The quantitative estimate of drug-likeness (QED) is 0.593. The van der Waals surface area contributed by atoms with Crippen LogP contribution in [0.5, 0.6) is 5.75 Å². The molecular weight excluding hydrogens is 384 g/mol. The van der Waals surface area contributed by atoms with Gasteiger partial charge in [0.15, 0.2) is 0 Å². The van der Waals surface area contributed by atoms with Crippen molar-refractivity contribution in [2.24, 2.45) is 0 Å². The summed E-state index contributed by atoms with van der Waals surface area (Å²) in [5, 5.41) is 0.731. The molecule has 0 aliphatic carbocycles. The minimum absolute atomic E-state index is 0.126. The number of rotatable bonds is 4. The molecule has 0 N–H and O–H groups in total. The molecule has 1 unspecified atom stereocenters. The number of hydrogen-bond acceptors (Lipinski definition) is 3. The first-order chi connectivity index (χ1) is 14.2. The Morgan fingerprint density at radius 3 is 1.93 bits per heavy atom. The molecule has 1 atom stereocenters. The lowest BCUT2D eigenvalue weighted by atomic mass is 9.96. The minimum atomic E-state index is -0.293. The lowest BCUT2D eigenvalue weighted by Gasteiger charge is -2.39. The van der Waals surface area contributed by atoms with Crippen LogP contribution >= 0.6 is 11.6 Å². The molecule has 4 nitrogen and oxygen atoms in total. The molecule has 1 aliphatic rings. The van der Waals surface area contributed by atoms with Crippen molar-refractivity contribution in [3.8, 4) is 5.75 Å². The lowest BCUT2D eigenvalue weighted by Crippen LogP contribution is -2.50. The molecule has 1 heterocycles. The third-order valence-corrected chi connectivity index (χ3v) is 5.44. The van der Waals surface area contributed by atoms with Crippen molar-refractivity contribution >= 4 is 17.7 Å². The number of carbonyl (C=O) groups excluding carboxylic acids is 1. The maximum Gasteiger partial charge on any atom is 0.415 e. The van der Waals surface area contributed by atoms with Gasteiger partial charge in [0.2, 0.25) is 0 Å². The molecule has 0 bridgehead atoms. The Labute approximate surface area is 176 Å². The van der Waals surface area contributed by atoms with Gasteiger partial charge in [0.1, 0.15) is 5.75 Å². The topological polar surface area (TPSA) is 32.8 Å². The van der Waals surface area contributed by atoms with Crippen LogP contribution in [0, 0.1) is 0 Å². The Morgan fingerprint density at radius 1 is 0.759 bits per heavy atom. The standard InChI is InChI=1S/C24H23ClN2O2/c25-21-13-11-20(12-14-21)23(19-7-3-1-4-8-19)26-15-17-27(18-16-26)24(28)29-22-9-5-2-6-10-22/h1-14,23H,15-18H2. The Kier molecular flexibility index (Phi) is 6.13. The average Bonchev–Trinajstić information content (AvgIpc) is 2.77. The van der Waals surface area contributed by atoms with Crippen molar-refractivity contribution in [3.63, 3.8) is 0 Å². The third-order valence-electron chi connectivity index (χ3n) is 5.19. The first-order valence-electron chi connectivity index (χ1n) is 9.77. The summed E-state index contributed by atoms with van der Waals surface area (Å²) in [6.07, 6.45) is -0.293. The fraction of sp³-hybridized carbons (Fsp3) is 0.208. The largest absolute Gasteiger partial charge is 0.415 e. The number of benzene rings is 3. The first kappa shape index (κ1) is 19.5. The zero-order valence-electron chi connectivity index (χ0n) is 16.1. The van der Waals surface area contributed by atoms with Crippen molar-refractivity contribution in [3.05, 3.63) is 101 Å². The van der Waals surface area contributed by atoms with Gasteiger partial charge in [-0.2, -0.15) is 0 Å². The number of amides is 1. The maximum atomic E-state index is 12.5. The molecule has 1 aliphatic heterocycles. The normalized spacial score (nSPS) is 15.7. The Hall–Kier alpha value is -2.82. The van der Waals surface area contributed by atoms with Crippen LogP contribution in [-0.4, -0.2) is 42.1 Å². The Bertz CT molecular complexity index is 924. The highest BCUT2D eigenvalue weighted by Gasteiger charge is 2.28. The molecule has 0 radical (unpaired) electrons. The van der Waals surface area contributed by atoms with Crippen LogP contribution in [0.2, 0.25) is 5.02 Å². The molecule has 1 fully saturated rings. The van der Waals surface area contributed by atoms with Gasteiger partial charge in [-0.3, -0.25) is 4.90 Å². The summed E-state index contributed by atoms with van der Waals surface area (Å²) in [4.78, 5) is 16.7. The molecule has 0 aromatic heterocycles. The highest BCUT2D eigenvalue weighted by atomic mass is 35.5. The van der Waals surface area contributed by atoms with Crippen LogP contribution in [0.25, 0.3) is 0 Å². The van der Waals surface area contributed by atoms with Crippen molar-refractivity contribution in [2.75, 3.05) is 26.2 Å². The predicted octanol–water partition coefficient (Wildman–Crippen LogP) is 5.25. The number of halogens is 1. The third kappa shape index (κ3) is 4.78. The molecule has 5 heteroatoms. The van der Waals surface area contributed by atoms with E-state index < -0.39 is 0 Å². The highest BCUT2D eigenvalue weighted by Crippen LogP contribution is 2.30. The van der Waals surface area contributed by atoms with Crippen LogP contribution < -0.4 is 4.74 Å². The van der Waals surface area contributed by atoms with E-state index in [4.69, 9.17) is 16.3 Å². The van der Waals surface area contributed by atoms with Crippen LogP contribution in [0.3, 0.4) is 0 Å². The monoisotopic (exact) mass is 406 g/mol. The highest BCUT2D eigenvalue weighted by molar-refractivity contribution is 6.30. The summed E-state index contributed by atoms with van der Waals surface area (Å²) >= 11 is 6.10. The second kappa shape index (κ2) is 9.12. The van der Waals surface area contributed by atoms with Crippen molar-refractivity contribution < 1.29 is 9.53 Å². The van der Waals surface area contributed by atoms with Gasteiger partial charge in [-0.15, -0.1) is 0 Å². The van der Waals surface area contributed by atoms with E-state index >= 15 is 0 Å². The van der Waals surface area contributed by atoms with Crippen LogP contribution in [0.1, 0.15) is 17.2 Å². The lowest BCUT2D eigenvalue weighted by molar-refractivity contribution is 0.0975. The molecule has 1 amide bonds. The molecule has 0 saturated carbocycles. The summed E-state index contributed by atoms with van der Waals surface area (Å²) in [6, 6.07) is 27.8. The molecule has 0 spiro atoms. The minimum Gasteiger partial charge on any atom is -0.410 e. The average molecular weight is 407 g/mol. The van der Waals surface area contributed by atoms with Gasteiger partial charge in [-0.1, -0.05) is 72.3 Å². The van der Waals surface area contributed by atoms with Gasteiger partial charge in [0, 0.05) is 31.2 Å². The molecule has 4 rings (SSSR count). The van der Waals surface area contributed by atoms with Gasteiger partial charge in [0.05, 0.1) is 6.04 Å². The van der Waals surface area contributed by atoms with Crippen molar-refractivity contribution in [1.82, 2.24) is 9.80 Å². The van der Waals surface area contributed by atoms with Crippen LogP contribution in [-0.2, 0) is 0 Å². The fourth-order valence-electron chi connectivity index (χ4n) is 3.71. The molecule has 29 heavy (non-hydrogen) atoms. The Balaban J connectivity index is 1.47. The summed E-state index contributed by atoms with van der Waals surface area (Å²) in [6.45, 7) is 2.79. The van der Waals surface area contributed by atoms with E-state index in [1.165, 1.54) is 11.1 Å². The van der Waals surface area contributed by atoms with Gasteiger partial charge in [-0.05, 0) is 35.4 Å². The number of carbonyl (C=O) groups is 1. The van der Waals surface area contributed by atoms with E-state index in [0.29, 0.717) is 18.8 Å². The number of piperazine rings is 1. The number of para-hydroxylation sites is 1. The smallest absolute Gasteiger partial charge is 0.410 e. The van der Waals surface area contributed by atoms with Gasteiger partial charge in [-0.25, -0.2) is 4.79 Å². The molecule has 1 saturated heterocycles. The summed E-state index contributed by atoms with van der Waals surface area (Å²) in [5.41, 5.74) is 2.43. The van der Waals surface area contributed by atoms with Crippen molar-refractivity contribution in [2.45, 2.75) is 6.04 Å². The predicted molar refractivity (Wildman–Crippen MR) is 115 cm³/mol.